The van der Waals surface area contributed by atoms with E-state index in [4.69, 9.17) is 23.4 Å². The zero-order chi connectivity index (χ0) is 60.2. The lowest BCUT2D eigenvalue weighted by Crippen LogP contribution is -2.81. The number of dihydropyridines is 1. The van der Waals surface area contributed by atoms with Gasteiger partial charge in [-0.1, -0.05) is 43.8 Å². The molecule has 2 aromatic heterocycles. The van der Waals surface area contributed by atoms with E-state index in [1.165, 1.54) is 18.3 Å². The largest absolute Gasteiger partial charge is 0.507 e. The molecule has 444 valence electrons. The molecule has 3 fully saturated rings. The van der Waals surface area contributed by atoms with E-state index in [9.17, 15) is 80.8 Å². The van der Waals surface area contributed by atoms with Gasteiger partial charge >= 0.3 is 11.9 Å². The lowest BCUT2D eigenvalue weighted by atomic mass is 9.67. The summed E-state index contributed by atoms with van der Waals surface area (Å²) < 4.78 is 32.3. The van der Waals surface area contributed by atoms with Crippen LogP contribution in [0.4, 0.5) is 0 Å². The highest BCUT2D eigenvalue weighted by Crippen LogP contribution is 2.58. The number of allylic oxidation sites excluding steroid dienone is 4. The second-order valence-electron chi connectivity index (χ2n) is 22.4. The first kappa shape index (κ1) is 58.2. The number of phenols is 3. The van der Waals surface area contributed by atoms with Gasteiger partial charge < -0.3 is 105 Å². The number of aldehydes is 1. The summed E-state index contributed by atoms with van der Waals surface area (Å²) in [6.45, 7) is 3.15. The molecule has 25 heteroatoms. The molecular weight excluding hydrogens is 1100 g/mol. The molecule has 2 aromatic carbocycles. The van der Waals surface area contributed by atoms with Crippen LogP contribution in [0.25, 0.3) is 22.3 Å². The number of esters is 1. The summed E-state index contributed by atoms with van der Waals surface area (Å²) in [7, 11) is 0. The maximum atomic E-state index is 16.1. The number of phenolic OH excluding ortho intramolecular Hbond substituents is 3. The van der Waals surface area contributed by atoms with E-state index in [1.807, 2.05) is 25.8 Å². The van der Waals surface area contributed by atoms with E-state index in [0.717, 1.165) is 30.2 Å². The number of carboxylic acids is 1. The van der Waals surface area contributed by atoms with Crippen molar-refractivity contribution in [2.24, 2.45) is 11.8 Å². The molecule has 0 radical (unpaired) electrons. The first-order valence-corrected chi connectivity index (χ1v) is 27.2. The summed E-state index contributed by atoms with van der Waals surface area (Å²) in [5.41, 5.74) is -9.48. The first-order chi connectivity index (χ1) is 39.9. The van der Waals surface area contributed by atoms with Gasteiger partial charge in [0.2, 0.25) is 17.2 Å². The molecule has 4 bridgehead atoms. The highest BCUT2D eigenvalue weighted by Gasteiger charge is 2.78. The predicted octanol–water partition coefficient (Wildman–Crippen LogP) is -0.602. The third-order valence-electron chi connectivity index (χ3n) is 17.5. The minimum absolute atomic E-state index is 0.0192. The molecule has 12 rings (SSSR count). The van der Waals surface area contributed by atoms with Gasteiger partial charge in [0.15, 0.2) is 29.1 Å². The Balaban J connectivity index is 1.23. The number of aliphatic carboxylic acids is 1. The highest BCUT2D eigenvalue weighted by atomic mass is 16.8. The van der Waals surface area contributed by atoms with Crippen LogP contribution in [0.1, 0.15) is 80.7 Å². The number of benzene rings is 2. The molecular formula is C59H61N3O22. The maximum absolute atomic E-state index is 16.1. The Kier molecular flexibility index (Phi) is 14.5. The summed E-state index contributed by atoms with van der Waals surface area (Å²) in [6, 6.07) is 6.18. The third-order valence-corrected chi connectivity index (χ3v) is 17.5. The van der Waals surface area contributed by atoms with Gasteiger partial charge in [-0.2, -0.15) is 0 Å². The average Bonchev–Trinajstić information content (AvgIpc) is 1.31. The van der Waals surface area contributed by atoms with Gasteiger partial charge in [-0.3, -0.25) is 10.1 Å². The number of carbonyl (C=O) groups is 3. The zero-order valence-corrected chi connectivity index (χ0v) is 45.1. The zero-order valence-electron chi connectivity index (χ0n) is 45.1. The predicted molar refractivity (Wildman–Crippen MR) is 286 cm³/mol. The number of carbonyl (C=O) groups excluding carboxylic acids is 2. The van der Waals surface area contributed by atoms with Crippen LogP contribution in [0.2, 0.25) is 0 Å². The van der Waals surface area contributed by atoms with Crippen LogP contribution in [0.15, 0.2) is 80.3 Å². The summed E-state index contributed by atoms with van der Waals surface area (Å²) in [4.78, 5) is 59.3. The number of hydrogen-bond acceptors (Lipinski definition) is 23. The van der Waals surface area contributed by atoms with Crippen molar-refractivity contribution in [3.05, 3.63) is 104 Å². The Morgan fingerprint density at radius 1 is 0.940 bits per heavy atom. The van der Waals surface area contributed by atoms with Crippen molar-refractivity contribution in [1.82, 2.24) is 15.6 Å². The topological polar surface area (TPSA) is 421 Å². The molecule has 84 heavy (non-hydrogen) atoms. The number of ether oxygens (including phenoxy) is 4. The minimum atomic E-state index is -4.07. The van der Waals surface area contributed by atoms with E-state index in [0.29, 0.717) is 36.2 Å². The Hall–Kier alpha value is -7.60. The van der Waals surface area contributed by atoms with E-state index in [2.05, 4.69) is 33.4 Å². The van der Waals surface area contributed by atoms with Gasteiger partial charge in [0, 0.05) is 102 Å². The normalized spacial score (nSPS) is 33.3. The number of aromatic amines is 1. The quantitative estimate of drug-likeness (QED) is 0.0223. The van der Waals surface area contributed by atoms with Crippen LogP contribution < -0.4 is 20.8 Å². The molecule has 1 aliphatic carbocycles. The van der Waals surface area contributed by atoms with Crippen molar-refractivity contribution in [1.29, 1.82) is 0 Å². The average molecular weight is 1160 g/mol. The number of aliphatic hydroxyl groups excluding tert-OH is 6. The van der Waals surface area contributed by atoms with E-state index in [1.54, 1.807) is 6.07 Å². The van der Waals surface area contributed by atoms with Gasteiger partial charge in [-0.25, -0.2) is 9.59 Å². The number of fused-ring (bicyclic) bond motifs is 7. The fourth-order valence-electron chi connectivity index (χ4n) is 12.8. The summed E-state index contributed by atoms with van der Waals surface area (Å²) in [6.07, 6.45) is -9.90. The van der Waals surface area contributed by atoms with Gasteiger partial charge in [-0.15, -0.1) is 0 Å². The Labute approximate surface area is 476 Å². The standard InChI is InChI=1S/C59H61N3O22/c1-3-36-34(22-33-27(2)7-14-61-51(33)62-36)35-20-32-21-37-29(8-15-60-37)6-4-11-54(77)47(70)49(72)58(32,81-42-24-41-44(46(69)43(35)42)38(66)23-40(80-41)31-18-30(10-17-64)45(68)39(67)19-31)84-56(54)13-5-12-55(52(74)75)59(78,79)50(73)48(71)57(83-55,82-53(56)76)25-28(26-65)9-16-63/h8,15-16,18-20,22-24,27-28,35,47-51,60-62,64-65,67-73,77-79H,3,7,9-11,13-14,17,21,25-26H2,1-2H3,(H,74,75). The summed E-state index contributed by atoms with van der Waals surface area (Å²) in [5.74, 6) is -10.1. The van der Waals surface area contributed by atoms with E-state index >= 15 is 4.79 Å². The molecule has 13 unspecified atom stereocenters. The molecule has 2 spiro atoms. The summed E-state index contributed by atoms with van der Waals surface area (Å²) >= 11 is 0. The molecule has 25 nitrogen and oxygen atoms in total. The SMILES string of the molecule is CCC1=C(C2C=C3Cc4[nH]ccc4C#CCC4(O)C(O)C(O)C3(Oc3cc5oc(-c6cc(O)c(O)c(CCO)c6)cc(=O)c5c(O)c32)OC42CC#CC3(C(=O)O)OC(CC(CO)CC=O)(OC2=O)C(O)C(O)C3(O)O)C=C2C(C)CCNC2N1. The first-order valence-electron chi connectivity index (χ1n) is 27.2. The number of H-pyrrole nitrogens is 1. The van der Waals surface area contributed by atoms with Gasteiger partial charge in [-0.05, 0) is 72.9 Å². The Morgan fingerprint density at radius 2 is 1.71 bits per heavy atom. The van der Waals surface area contributed by atoms with Gasteiger partial charge in [0.05, 0.1) is 12.6 Å². The number of nitrogens with one attached hydrogen (secondary N) is 3. The van der Waals surface area contributed by atoms with Crippen molar-refractivity contribution in [2.45, 2.75) is 136 Å². The maximum Gasteiger partial charge on any atom is 0.354 e. The second kappa shape index (κ2) is 20.9. The fourth-order valence-corrected chi connectivity index (χ4v) is 12.8. The number of carboxylic acid groups (broad SMARTS) is 1. The van der Waals surface area contributed by atoms with E-state index < -0.39 is 167 Å². The van der Waals surface area contributed by atoms with Crippen molar-refractivity contribution < 1.29 is 104 Å². The highest BCUT2D eigenvalue weighted by molar-refractivity contribution is 5.90. The van der Waals surface area contributed by atoms with Gasteiger partial charge in [0.25, 0.3) is 11.4 Å². The van der Waals surface area contributed by atoms with E-state index in [-0.39, 0.29) is 52.1 Å². The molecule has 3 saturated heterocycles. The molecule has 13 atom stereocenters. The number of aromatic nitrogens is 1. The van der Waals surface area contributed by atoms with Crippen LogP contribution in [-0.4, -0.2) is 174 Å². The van der Waals surface area contributed by atoms with Crippen LogP contribution >= 0.6 is 0 Å². The molecule has 8 aliphatic rings. The summed E-state index contributed by atoms with van der Waals surface area (Å²) in [5, 5.41) is 158. The Morgan fingerprint density at radius 3 is 2.43 bits per heavy atom. The fraction of sp³-hybridized carbons (Fsp3) is 0.458. The molecule has 7 aliphatic heterocycles. The second-order valence-corrected chi connectivity index (χ2v) is 22.4. The molecule has 0 saturated carbocycles. The lowest BCUT2D eigenvalue weighted by molar-refractivity contribution is -0.434. The van der Waals surface area contributed by atoms with Crippen LogP contribution in [0.3, 0.4) is 0 Å². The van der Waals surface area contributed by atoms with Crippen molar-refractivity contribution >= 4 is 29.2 Å². The molecule has 16 N–H and O–H groups in total. The number of piperidine rings is 1. The van der Waals surface area contributed by atoms with Crippen LogP contribution in [0, 0.1) is 35.5 Å². The third kappa shape index (κ3) is 8.56. The number of rotatable bonds is 11. The molecule has 4 aromatic rings. The monoisotopic (exact) mass is 1160 g/mol. The molecule has 0 amide bonds. The smallest absolute Gasteiger partial charge is 0.354 e. The van der Waals surface area contributed by atoms with Crippen molar-refractivity contribution in [2.75, 3.05) is 19.8 Å². The lowest BCUT2D eigenvalue weighted by Gasteiger charge is -2.58. The van der Waals surface area contributed by atoms with Gasteiger partial charge in [0.1, 0.15) is 52.3 Å². The van der Waals surface area contributed by atoms with Crippen LogP contribution in [0.5, 0.6) is 23.0 Å². The van der Waals surface area contributed by atoms with Crippen molar-refractivity contribution in [3.63, 3.8) is 0 Å². The van der Waals surface area contributed by atoms with Crippen LogP contribution in [-0.2, 0) is 41.4 Å². The number of aromatic hydroxyl groups is 3. The number of hydrogen-bond donors (Lipinski definition) is 16. The Bertz CT molecular complexity index is 3710. The minimum Gasteiger partial charge on any atom is -0.507 e. The molecule has 9 heterocycles. The van der Waals surface area contributed by atoms with Crippen molar-refractivity contribution in [3.8, 4) is 58.0 Å². The number of aliphatic hydroxyl groups is 9.